The zero-order valence-electron chi connectivity index (χ0n) is 13.8. The molecule has 2 N–H and O–H groups in total. The van der Waals surface area contributed by atoms with Crippen molar-refractivity contribution < 1.29 is 26.0 Å². The standard InChI is InChI=1S/C14H20FN3O5S2/c1-3-9-24(20,21)14(25(22,23)10-4-2)18-17-13(19)16-12-7-5-11(15)6-8-12/h5-8H,3-4,9-10H2,1-2H3,(H2,16,17,19). The predicted molar refractivity (Wildman–Crippen MR) is 94.1 cm³/mol. The zero-order chi connectivity index (χ0) is 19.1. The summed E-state index contributed by atoms with van der Waals surface area (Å²) in [6.07, 6.45) is 0.398. The third-order valence-corrected chi connectivity index (χ3v) is 7.49. The van der Waals surface area contributed by atoms with E-state index in [1.54, 1.807) is 13.8 Å². The average molecular weight is 393 g/mol. The molecule has 0 saturated carbocycles. The summed E-state index contributed by atoms with van der Waals surface area (Å²) >= 11 is 0. The number of carbonyl (C=O) groups is 1. The topological polar surface area (TPSA) is 122 Å². The normalized spacial score (nSPS) is 11.6. The SMILES string of the molecule is CCCS(=O)(=O)C(=NNC(=O)Nc1ccc(F)cc1)S(=O)(=O)CCC. The summed E-state index contributed by atoms with van der Waals surface area (Å²) in [5.41, 5.74) is 2.09. The molecule has 2 amide bonds. The Labute approximate surface area is 146 Å². The Morgan fingerprint density at radius 1 is 1.00 bits per heavy atom. The number of nitrogens with one attached hydrogen (secondary N) is 2. The fourth-order valence-corrected chi connectivity index (χ4v) is 5.67. The van der Waals surface area contributed by atoms with Crippen LogP contribution in [0, 0.1) is 5.82 Å². The molecular weight excluding hydrogens is 373 g/mol. The Morgan fingerprint density at radius 3 is 1.92 bits per heavy atom. The lowest BCUT2D eigenvalue weighted by atomic mass is 10.3. The molecule has 11 heteroatoms. The van der Waals surface area contributed by atoms with Crippen LogP contribution in [0.15, 0.2) is 29.4 Å². The van der Waals surface area contributed by atoms with Crippen LogP contribution in [0.2, 0.25) is 0 Å². The van der Waals surface area contributed by atoms with Gasteiger partial charge in [-0.15, -0.1) is 5.10 Å². The number of carbonyl (C=O) groups excluding carboxylic acids is 1. The molecule has 140 valence electrons. The lowest BCUT2D eigenvalue weighted by molar-refractivity contribution is 0.252. The summed E-state index contributed by atoms with van der Waals surface area (Å²) in [7, 11) is -8.31. The monoisotopic (exact) mass is 393 g/mol. The number of sulfone groups is 2. The van der Waals surface area contributed by atoms with E-state index in [1.165, 1.54) is 12.1 Å². The molecule has 0 aliphatic heterocycles. The molecule has 0 unspecified atom stereocenters. The maximum Gasteiger partial charge on any atom is 0.339 e. The van der Waals surface area contributed by atoms with Crippen LogP contribution < -0.4 is 10.7 Å². The summed E-state index contributed by atoms with van der Waals surface area (Å²) in [5.74, 6) is -1.31. The Hall–Kier alpha value is -2.01. The second-order valence-electron chi connectivity index (χ2n) is 5.09. The van der Waals surface area contributed by atoms with E-state index in [2.05, 4.69) is 10.4 Å². The van der Waals surface area contributed by atoms with E-state index in [1.807, 2.05) is 5.43 Å². The maximum absolute atomic E-state index is 12.8. The van der Waals surface area contributed by atoms with Crippen molar-refractivity contribution >= 4 is 35.8 Å². The summed E-state index contributed by atoms with van der Waals surface area (Å²) in [6.45, 7) is 3.16. The van der Waals surface area contributed by atoms with Crippen molar-refractivity contribution in [3.8, 4) is 0 Å². The van der Waals surface area contributed by atoms with Crippen LogP contribution in [0.1, 0.15) is 26.7 Å². The van der Waals surface area contributed by atoms with Crippen LogP contribution in [0.4, 0.5) is 14.9 Å². The van der Waals surface area contributed by atoms with Crippen LogP contribution in [0.5, 0.6) is 0 Å². The molecular formula is C14H20FN3O5S2. The van der Waals surface area contributed by atoms with Gasteiger partial charge in [-0.1, -0.05) is 13.8 Å². The van der Waals surface area contributed by atoms with Gasteiger partial charge in [0.15, 0.2) is 0 Å². The second kappa shape index (κ2) is 8.90. The lowest BCUT2D eigenvalue weighted by Crippen LogP contribution is -2.33. The highest BCUT2D eigenvalue weighted by Gasteiger charge is 2.32. The van der Waals surface area contributed by atoms with E-state index in [4.69, 9.17) is 0 Å². The Bertz CT molecular complexity index is 796. The molecule has 0 spiro atoms. The number of hydrazone groups is 1. The molecule has 0 heterocycles. The van der Waals surface area contributed by atoms with Gasteiger partial charge in [0.25, 0.3) is 4.38 Å². The molecule has 8 nitrogen and oxygen atoms in total. The first kappa shape index (κ1) is 21.0. The van der Waals surface area contributed by atoms with Crippen molar-refractivity contribution in [1.82, 2.24) is 5.43 Å². The van der Waals surface area contributed by atoms with Crippen LogP contribution in [-0.4, -0.2) is 38.7 Å². The zero-order valence-corrected chi connectivity index (χ0v) is 15.5. The van der Waals surface area contributed by atoms with Crippen molar-refractivity contribution in [2.75, 3.05) is 16.8 Å². The molecule has 25 heavy (non-hydrogen) atoms. The highest BCUT2D eigenvalue weighted by atomic mass is 32.3. The smallest absolute Gasteiger partial charge is 0.307 e. The highest BCUT2D eigenvalue weighted by molar-refractivity contribution is 8.31. The molecule has 0 atom stereocenters. The second-order valence-corrected chi connectivity index (χ2v) is 9.40. The number of nitrogens with zero attached hydrogens (tertiary/aromatic N) is 1. The van der Waals surface area contributed by atoms with E-state index in [-0.39, 0.29) is 18.5 Å². The minimum absolute atomic E-state index is 0.199. The van der Waals surface area contributed by atoms with Crippen molar-refractivity contribution in [3.05, 3.63) is 30.1 Å². The van der Waals surface area contributed by atoms with E-state index in [0.29, 0.717) is 0 Å². The minimum Gasteiger partial charge on any atom is -0.307 e. The number of urea groups is 1. The van der Waals surface area contributed by atoms with Crippen molar-refractivity contribution in [2.45, 2.75) is 26.7 Å². The third-order valence-electron chi connectivity index (χ3n) is 2.83. The van der Waals surface area contributed by atoms with Gasteiger partial charge in [0.05, 0.1) is 11.5 Å². The molecule has 0 saturated heterocycles. The summed E-state index contributed by atoms with van der Waals surface area (Å²) in [5, 5.41) is 5.60. The first-order valence-corrected chi connectivity index (χ1v) is 10.8. The van der Waals surface area contributed by atoms with Gasteiger partial charge in [-0.25, -0.2) is 31.4 Å². The van der Waals surface area contributed by atoms with E-state index in [0.717, 1.165) is 12.1 Å². The lowest BCUT2D eigenvalue weighted by Gasteiger charge is -2.09. The van der Waals surface area contributed by atoms with Crippen LogP contribution >= 0.6 is 0 Å². The Morgan fingerprint density at radius 2 is 1.48 bits per heavy atom. The molecule has 0 fully saturated rings. The van der Waals surface area contributed by atoms with Crippen LogP contribution in [0.25, 0.3) is 0 Å². The van der Waals surface area contributed by atoms with Crippen molar-refractivity contribution in [1.29, 1.82) is 0 Å². The van der Waals surface area contributed by atoms with Gasteiger partial charge >= 0.3 is 6.03 Å². The van der Waals surface area contributed by atoms with Gasteiger partial charge in [-0.05, 0) is 37.1 Å². The van der Waals surface area contributed by atoms with Gasteiger partial charge in [-0.3, -0.25) is 0 Å². The fourth-order valence-electron chi connectivity index (χ4n) is 1.83. The number of benzene rings is 1. The van der Waals surface area contributed by atoms with Gasteiger partial charge < -0.3 is 5.32 Å². The first-order valence-electron chi connectivity index (χ1n) is 7.48. The van der Waals surface area contributed by atoms with Gasteiger partial charge in [-0.2, -0.15) is 0 Å². The molecule has 1 aromatic rings. The Kier molecular flexibility index (Phi) is 7.49. The van der Waals surface area contributed by atoms with E-state index < -0.39 is 47.4 Å². The summed E-state index contributed by atoms with van der Waals surface area (Å²) in [6, 6.07) is 3.83. The van der Waals surface area contributed by atoms with Crippen LogP contribution in [-0.2, 0) is 19.7 Å². The molecule has 0 aromatic heterocycles. The summed E-state index contributed by atoms with van der Waals surface area (Å²) < 4.78 is 60.3. The Balaban J connectivity index is 3.02. The number of anilines is 1. The number of rotatable bonds is 6. The summed E-state index contributed by atoms with van der Waals surface area (Å²) in [4.78, 5) is 11.8. The van der Waals surface area contributed by atoms with Crippen molar-refractivity contribution in [2.24, 2.45) is 5.10 Å². The van der Waals surface area contributed by atoms with Crippen molar-refractivity contribution in [3.63, 3.8) is 0 Å². The number of amides is 2. The molecule has 0 bridgehead atoms. The number of halogens is 1. The predicted octanol–water partition coefficient (Wildman–Crippen LogP) is 1.87. The van der Waals surface area contributed by atoms with Gasteiger partial charge in [0, 0.05) is 5.69 Å². The number of hydrogen-bond acceptors (Lipinski definition) is 6. The molecule has 0 radical (unpaired) electrons. The third kappa shape index (κ3) is 6.42. The average Bonchev–Trinajstić information content (AvgIpc) is 2.49. The molecule has 0 aliphatic carbocycles. The molecule has 0 aliphatic rings. The molecule has 1 rings (SSSR count). The largest absolute Gasteiger partial charge is 0.339 e. The van der Waals surface area contributed by atoms with E-state index >= 15 is 0 Å². The quantitative estimate of drug-likeness (QED) is 0.434. The molecule has 1 aromatic carbocycles. The van der Waals surface area contributed by atoms with Gasteiger partial charge in [0.1, 0.15) is 5.82 Å². The van der Waals surface area contributed by atoms with Gasteiger partial charge in [0.2, 0.25) is 19.7 Å². The van der Waals surface area contributed by atoms with E-state index in [9.17, 15) is 26.0 Å². The maximum atomic E-state index is 12.8. The first-order chi connectivity index (χ1) is 11.6. The van der Waals surface area contributed by atoms with Crippen LogP contribution in [0.3, 0.4) is 0 Å². The minimum atomic E-state index is -4.16. The number of hydrogen-bond donors (Lipinski definition) is 2. The highest BCUT2D eigenvalue weighted by Crippen LogP contribution is 2.09. The fraction of sp³-hybridized carbons (Fsp3) is 0.429.